The first-order valence-corrected chi connectivity index (χ1v) is 9.06. The molecule has 1 aliphatic rings. The van der Waals surface area contributed by atoms with Crippen LogP contribution in [-0.2, 0) is 4.79 Å². The van der Waals surface area contributed by atoms with Crippen LogP contribution in [0.25, 0.3) is 6.08 Å². The van der Waals surface area contributed by atoms with Gasteiger partial charge in [0, 0.05) is 31.3 Å². The standard InChI is InChI=1S/C22H26N2O3/c1-23-13-14-24(20(16-23)17-7-5-4-6-8-17)22(25)12-9-18-15-19(26-2)10-11-21(18)27-3/h4-12,15,20H,13-14,16H2,1-3H3. The average Bonchev–Trinajstić information content (AvgIpc) is 2.72. The van der Waals surface area contributed by atoms with E-state index < -0.39 is 0 Å². The number of carbonyl (C=O) groups excluding carboxylic acids is 1. The number of nitrogens with zero attached hydrogens (tertiary/aromatic N) is 2. The highest BCUT2D eigenvalue weighted by molar-refractivity contribution is 5.92. The minimum absolute atomic E-state index is 0.00169. The molecule has 2 aromatic rings. The average molecular weight is 366 g/mol. The van der Waals surface area contributed by atoms with Gasteiger partial charge in [0.2, 0.25) is 5.91 Å². The van der Waals surface area contributed by atoms with E-state index >= 15 is 0 Å². The second-order valence-electron chi connectivity index (χ2n) is 6.66. The van der Waals surface area contributed by atoms with Crippen molar-refractivity contribution in [1.82, 2.24) is 9.80 Å². The van der Waals surface area contributed by atoms with Crippen molar-refractivity contribution >= 4 is 12.0 Å². The number of benzene rings is 2. The number of amides is 1. The molecule has 142 valence electrons. The largest absolute Gasteiger partial charge is 0.497 e. The van der Waals surface area contributed by atoms with E-state index in [4.69, 9.17) is 9.47 Å². The first-order valence-electron chi connectivity index (χ1n) is 9.06. The molecule has 0 spiro atoms. The van der Waals surface area contributed by atoms with Gasteiger partial charge in [0.05, 0.1) is 20.3 Å². The topological polar surface area (TPSA) is 42.0 Å². The summed E-state index contributed by atoms with van der Waals surface area (Å²) in [5.74, 6) is 1.43. The summed E-state index contributed by atoms with van der Waals surface area (Å²) in [6, 6.07) is 15.8. The van der Waals surface area contributed by atoms with E-state index in [1.54, 1.807) is 26.4 Å². The van der Waals surface area contributed by atoms with Crippen LogP contribution < -0.4 is 9.47 Å². The predicted molar refractivity (Wildman–Crippen MR) is 107 cm³/mol. The Bertz CT molecular complexity index is 804. The maximum atomic E-state index is 13.0. The molecule has 0 aliphatic carbocycles. The lowest BCUT2D eigenvalue weighted by atomic mass is 10.0. The summed E-state index contributed by atoms with van der Waals surface area (Å²) in [6.07, 6.45) is 3.42. The van der Waals surface area contributed by atoms with Crippen molar-refractivity contribution in [2.24, 2.45) is 0 Å². The van der Waals surface area contributed by atoms with Crippen LogP contribution in [0.2, 0.25) is 0 Å². The number of hydrogen-bond acceptors (Lipinski definition) is 4. The second kappa shape index (κ2) is 8.73. The zero-order valence-electron chi connectivity index (χ0n) is 16.1. The van der Waals surface area contributed by atoms with Gasteiger partial charge in [-0.05, 0) is 36.9 Å². The minimum atomic E-state index is 0.00169. The van der Waals surface area contributed by atoms with Crippen LogP contribution in [0.3, 0.4) is 0 Å². The molecule has 2 aromatic carbocycles. The van der Waals surface area contributed by atoms with Gasteiger partial charge in [-0.2, -0.15) is 0 Å². The molecule has 1 unspecified atom stereocenters. The van der Waals surface area contributed by atoms with Crippen LogP contribution in [-0.4, -0.2) is 56.6 Å². The van der Waals surface area contributed by atoms with E-state index in [-0.39, 0.29) is 11.9 Å². The number of methoxy groups -OCH3 is 2. The Morgan fingerprint density at radius 2 is 1.85 bits per heavy atom. The summed E-state index contributed by atoms with van der Waals surface area (Å²) in [7, 11) is 5.33. The normalized spacial score (nSPS) is 17.9. The Labute approximate surface area is 160 Å². The number of piperazine rings is 1. The Balaban J connectivity index is 1.82. The monoisotopic (exact) mass is 366 g/mol. The van der Waals surface area contributed by atoms with Crippen LogP contribution in [0.5, 0.6) is 11.5 Å². The van der Waals surface area contributed by atoms with Crippen molar-refractivity contribution in [2.45, 2.75) is 6.04 Å². The smallest absolute Gasteiger partial charge is 0.247 e. The van der Waals surface area contributed by atoms with Crippen LogP contribution in [0.4, 0.5) is 0 Å². The van der Waals surface area contributed by atoms with E-state index in [0.29, 0.717) is 12.3 Å². The van der Waals surface area contributed by atoms with Gasteiger partial charge in [-0.25, -0.2) is 0 Å². The van der Waals surface area contributed by atoms with E-state index in [1.165, 1.54) is 0 Å². The molecule has 0 aromatic heterocycles. The molecular formula is C22H26N2O3. The molecule has 27 heavy (non-hydrogen) atoms. The Morgan fingerprint density at radius 3 is 2.56 bits per heavy atom. The molecule has 5 heteroatoms. The summed E-state index contributed by atoms with van der Waals surface area (Å²) in [6.45, 7) is 2.39. The molecular weight excluding hydrogens is 340 g/mol. The number of likely N-dealkylation sites (N-methyl/N-ethyl adjacent to an activating group) is 1. The Kier molecular flexibility index (Phi) is 6.14. The summed E-state index contributed by atoms with van der Waals surface area (Å²) in [4.78, 5) is 17.2. The zero-order valence-corrected chi connectivity index (χ0v) is 16.1. The summed E-state index contributed by atoms with van der Waals surface area (Å²) >= 11 is 0. The van der Waals surface area contributed by atoms with Gasteiger partial charge in [0.25, 0.3) is 0 Å². The molecule has 3 rings (SSSR count). The molecule has 0 N–H and O–H groups in total. The summed E-state index contributed by atoms with van der Waals surface area (Å²) in [5, 5.41) is 0. The maximum absolute atomic E-state index is 13.0. The van der Waals surface area contributed by atoms with Crippen molar-refractivity contribution in [3.63, 3.8) is 0 Å². The fraction of sp³-hybridized carbons (Fsp3) is 0.318. The van der Waals surface area contributed by atoms with Crippen molar-refractivity contribution < 1.29 is 14.3 Å². The van der Waals surface area contributed by atoms with Crippen LogP contribution in [0.15, 0.2) is 54.6 Å². The maximum Gasteiger partial charge on any atom is 0.247 e. The van der Waals surface area contributed by atoms with Gasteiger partial charge in [0.1, 0.15) is 11.5 Å². The lowest BCUT2D eigenvalue weighted by molar-refractivity contribution is -0.130. The Morgan fingerprint density at radius 1 is 1.07 bits per heavy atom. The fourth-order valence-corrected chi connectivity index (χ4v) is 3.37. The van der Waals surface area contributed by atoms with Gasteiger partial charge < -0.3 is 19.3 Å². The van der Waals surface area contributed by atoms with Crippen molar-refractivity contribution in [3.8, 4) is 11.5 Å². The Hall–Kier alpha value is -2.79. The third kappa shape index (κ3) is 4.49. The van der Waals surface area contributed by atoms with Crippen LogP contribution in [0, 0.1) is 0 Å². The van der Waals surface area contributed by atoms with E-state index in [2.05, 4.69) is 24.1 Å². The predicted octanol–water partition coefficient (Wildman–Crippen LogP) is 3.23. The number of carbonyl (C=O) groups is 1. The first-order chi connectivity index (χ1) is 13.1. The zero-order chi connectivity index (χ0) is 19.2. The lowest BCUT2D eigenvalue weighted by Gasteiger charge is -2.40. The first kappa shape index (κ1) is 19.0. The molecule has 0 bridgehead atoms. The highest BCUT2D eigenvalue weighted by Crippen LogP contribution is 2.27. The molecule has 1 heterocycles. The number of rotatable bonds is 5. The quantitative estimate of drug-likeness (QED) is 0.762. The van der Waals surface area contributed by atoms with Gasteiger partial charge in [-0.15, -0.1) is 0 Å². The number of hydrogen-bond donors (Lipinski definition) is 0. The highest BCUT2D eigenvalue weighted by Gasteiger charge is 2.29. The third-order valence-electron chi connectivity index (χ3n) is 4.89. The summed E-state index contributed by atoms with van der Waals surface area (Å²) < 4.78 is 10.7. The molecule has 0 saturated carbocycles. The molecule has 0 radical (unpaired) electrons. The van der Waals surface area contributed by atoms with Crippen LogP contribution in [0.1, 0.15) is 17.2 Å². The summed E-state index contributed by atoms with van der Waals surface area (Å²) in [5.41, 5.74) is 1.97. The molecule has 1 fully saturated rings. The molecule has 1 aliphatic heterocycles. The molecule has 1 saturated heterocycles. The van der Waals surface area contributed by atoms with Crippen molar-refractivity contribution in [1.29, 1.82) is 0 Å². The molecule has 1 amide bonds. The van der Waals surface area contributed by atoms with Crippen LogP contribution >= 0.6 is 0 Å². The molecule has 1 atom stereocenters. The second-order valence-corrected chi connectivity index (χ2v) is 6.66. The third-order valence-corrected chi connectivity index (χ3v) is 4.89. The molecule has 5 nitrogen and oxygen atoms in total. The highest BCUT2D eigenvalue weighted by atomic mass is 16.5. The minimum Gasteiger partial charge on any atom is -0.497 e. The van der Waals surface area contributed by atoms with Gasteiger partial charge in [-0.3, -0.25) is 4.79 Å². The van der Waals surface area contributed by atoms with E-state index in [1.807, 2.05) is 41.3 Å². The lowest BCUT2D eigenvalue weighted by Crippen LogP contribution is -2.48. The van der Waals surface area contributed by atoms with Crippen molar-refractivity contribution in [2.75, 3.05) is 40.9 Å². The van der Waals surface area contributed by atoms with E-state index in [0.717, 1.165) is 30.0 Å². The van der Waals surface area contributed by atoms with Gasteiger partial charge >= 0.3 is 0 Å². The SMILES string of the molecule is COc1ccc(OC)c(C=CC(=O)N2CCN(C)CC2c2ccccc2)c1. The van der Waals surface area contributed by atoms with E-state index in [9.17, 15) is 4.79 Å². The number of ether oxygens (including phenoxy) is 2. The van der Waals surface area contributed by atoms with Gasteiger partial charge in [0.15, 0.2) is 0 Å². The van der Waals surface area contributed by atoms with Gasteiger partial charge in [-0.1, -0.05) is 30.3 Å². The fourth-order valence-electron chi connectivity index (χ4n) is 3.37. The van der Waals surface area contributed by atoms with Crippen molar-refractivity contribution in [3.05, 3.63) is 65.7 Å².